The molecule has 0 radical (unpaired) electrons. The van der Waals surface area contributed by atoms with Crippen molar-refractivity contribution in [1.82, 2.24) is 9.80 Å². The number of carbonyl (C=O) groups is 1. The monoisotopic (exact) mass is 419 g/mol. The summed E-state index contributed by atoms with van der Waals surface area (Å²) in [6.07, 6.45) is -4.15. The van der Waals surface area contributed by atoms with Crippen LogP contribution in [0.2, 0.25) is 0 Å². The molecule has 160 valence electrons. The molecule has 8 heteroatoms. The van der Waals surface area contributed by atoms with Gasteiger partial charge >= 0.3 is 12.2 Å². The Kier molecular flexibility index (Phi) is 5.36. The van der Waals surface area contributed by atoms with E-state index in [0.717, 1.165) is 30.7 Å². The summed E-state index contributed by atoms with van der Waals surface area (Å²) in [7, 11) is 3.92. The minimum absolute atomic E-state index is 0.183. The topological polar surface area (TPSA) is 36.0 Å². The van der Waals surface area contributed by atoms with Gasteiger partial charge in [-0.15, -0.1) is 0 Å². The van der Waals surface area contributed by atoms with Gasteiger partial charge < -0.3 is 14.5 Å². The average molecular weight is 419 g/mol. The number of nitrogens with zero attached hydrogens (tertiary/aromatic N) is 3. The number of halogens is 3. The Bertz CT molecular complexity index is 918. The molecule has 2 aliphatic heterocycles. The first-order chi connectivity index (χ1) is 14.3. The Morgan fingerprint density at radius 2 is 1.87 bits per heavy atom. The van der Waals surface area contributed by atoms with Gasteiger partial charge in [0.1, 0.15) is 11.9 Å². The summed E-state index contributed by atoms with van der Waals surface area (Å²) >= 11 is 0. The van der Waals surface area contributed by atoms with E-state index in [1.165, 1.54) is 11.0 Å². The zero-order valence-corrected chi connectivity index (χ0v) is 16.9. The molecule has 2 atom stereocenters. The summed E-state index contributed by atoms with van der Waals surface area (Å²) < 4.78 is 46.0. The number of benzene rings is 2. The molecular weight excluding hydrogens is 395 g/mol. The molecule has 4 rings (SSSR count). The Balaban J connectivity index is 1.71. The van der Waals surface area contributed by atoms with Crippen LogP contribution in [0, 0.1) is 0 Å². The van der Waals surface area contributed by atoms with E-state index in [-0.39, 0.29) is 17.5 Å². The number of alkyl halides is 3. The third-order valence-corrected chi connectivity index (χ3v) is 5.53. The Hall–Kier alpha value is -2.74. The highest BCUT2D eigenvalue weighted by Gasteiger charge is 2.48. The first-order valence-electron chi connectivity index (χ1n) is 9.91. The molecule has 0 aromatic heterocycles. The van der Waals surface area contributed by atoms with Crippen molar-refractivity contribution in [3.8, 4) is 5.75 Å². The second kappa shape index (κ2) is 7.83. The van der Waals surface area contributed by atoms with E-state index in [2.05, 4.69) is 0 Å². The highest BCUT2D eigenvalue weighted by Crippen LogP contribution is 2.46. The summed E-state index contributed by atoms with van der Waals surface area (Å²) in [4.78, 5) is 18.5. The van der Waals surface area contributed by atoms with Crippen molar-refractivity contribution in [2.24, 2.45) is 0 Å². The molecular formula is C22H24F3N3O2. The van der Waals surface area contributed by atoms with Crippen LogP contribution >= 0.6 is 0 Å². The molecule has 0 aliphatic carbocycles. The number of hydrogen-bond donors (Lipinski definition) is 0. The Morgan fingerprint density at radius 3 is 2.53 bits per heavy atom. The lowest BCUT2D eigenvalue weighted by molar-refractivity contribution is -0.137. The third kappa shape index (κ3) is 3.84. The van der Waals surface area contributed by atoms with Crippen LogP contribution in [0.3, 0.4) is 0 Å². The maximum absolute atomic E-state index is 13.3. The number of amides is 2. The van der Waals surface area contributed by atoms with Crippen molar-refractivity contribution >= 4 is 11.7 Å². The van der Waals surface area contributed by atoms with Gasteiger partial charge in [0.25, 0.3) is 0 Å². The van der Waals surface area contributed by atoms with Crippen molar-refractivity contribution in [2.75, 3.05) is 38.6 Å². The lowest BCUT2D eigenvalue weighted by Gasteiger charge is -2.37. The number of carbonyl (C=O) groups excluding carboxylic acids is 1. The van der Waals surface area contributed by atoms with E-state index in [1.54, 1.807) is 4.90 Å². The van der Waals surface area contributed by atoms with Crippen LogP contribution in [-0.2, 0) is 6.18 Å². The van der Waals surface area contributed by atoms with Gasteiger partial charge in [0, 0.05) is 13.1 Å². The lowest BCUT2D eigenvalue weighted by atomic mass is 9.98. The summed E-state index contributed by atoms with van der Waals surface area (Å²) in [6.45, 7) is 1.77. The molecule has 0 N–H and O–H groups in total. The quantitative estimate of drug-likeness (QED) is 0.721. The second-order valence-electron chi connectivity index (χ2n) is 7.95. The van der Waals surface area contributed by atoms with Crippen molar-refractivity contribution < 1.29 is 22.7 Å². The van der Waals surface area contributed by atoms with Crippen molar-refractivity contribution in [1.29, 1.82) is 0 Å². The zero-order valence-electron chi connectivity index (χ0n) is 16.9. The largest absolute Gasteiger partial charge is 0.481 e. The number of rotatable bonds is 5. The van der Waals surface area contributed by atoms with E-state index >= 15 is 0 Å². The Morgan fingerprint density at radius 1 is 1.13 bits per heavy atom. The van der Waals surface area contributed by atoms with Gasteiger partial charge in [-0.05, 0) is 50.8 Å². The van der Waals surface area contributed by atoms with Gasteiger partial charge in [-0.3, -0.25) is 4.90 Å². The van der Waals surface area contributed by atoms with E-state index in [1.807, 2.05) is 49.3 Å². The third-order valence-electron chi connectivity index (χ3n) is 5.53. The second-order valence-corrected chi connectivity index (χ2v) is 7.95. The van der Waals surface area contributed by atoms with Gasteiger partial charge in [-0.2, -0.15) is 13.2 Å². The van der Waals surface area contributed by atoms with Crippen molar-refractivity contribution in [2.45, 2.75) is 24.7 Å². The van der Waals surface area contributed by atoms with Gasteiger partial charge in [-0.25, -0.2) is 4.79 Å². The minimum Gasteiger partial charge on any atom is -0.481 e. The minimum atomic E-state index is -4.49. The molecule has 2 aliphatic rings. The van der Waals surface area contributed by atoms with Crippen molar-refractivity contribution in [3.63, 3.8) is 0 Å². The molecule has 1 fully saturated rings. The predicted molar refractivity (Wildman–Crippen MR) is 108 cm³/mol. The van der Waals surface area contributed by atoms with Crippen LogP contribution < -0.4 is 9.64 Å². The van der Waals surface area contributed by atoms with Crippen LogP contribution in [0.25, 0.3) is 0 Å². The molecule has 0 bridgehead atoms. The zero-order chi connectivity index (χ0) is 21.5. The molecule has 2 aromatic rings. The maximum atomic E-state index is 13.3. The van der Waals surface area contributed by atoms with Gasteiger partial charge in [0.2, 0.25) is 0 Å². The number of fused-ring (bicyclic) bond motifs is 3. The molecule has 2 heterocycles. The van der Waals surface area contributed by atoms with Gasteiger partial charge in [0.15, 0.2) is 0 Å². The highest BCUT2D eigenvalue weighted by atomic mass is 19.4. The molecule has 2 amide bonds. The van der Waals surface area contributed by atoms with Crippen LogP contribution in [0.15, 0.2) is 48.5 Å². The fourth-order valence-electron chi connectivity index (χ4n) is 4.09. The maximum Gasteiger partial charge on any atom is 0.416 e. The SMILES string of the molecule is CN(C)CCCN1CC2C(c3ccccc3)Oc3ccc(C(F)(F)F)cc3N2C1=O. The summed E-state index contributed by atoms with van der Waals surface area (Å²) in [5.74, 6) is 0.289. The molecule has 0 saturated carbocycles. The fraction of sp³-hybridized carbons (Fsp3) is 0.409. The molecule has 30 heavy (non-hydrogen) atoms. The van der Waals surface area contributed by atoms with Crippen LogP contribution in [0.4, 0.5) is 23.7 Å². The van der Waals surface area contributed by atoms with E-state index in [0.29, 0.717) is 13.1 Å². The molecule has 5 nitrogen and oxygen atoms in total. The lowest BCUT2D eigenvalue weighted by Crippen LogP contribution is -2.44. The van der Waals surface area contributed by atoms with Gasteiger partial charge in [0.05, 0.1) is 17.3 Å². The molecule has 2 unspecified atom stereocenters. The van der Waals surface area contributed by atoms with Crippen LogP contribution in [0.5, 0.6) is 5.75 Å². The van der Waals surface area contributed by atoms with Crippen LogP contribution in [0.1, 0.15) is 23.7 Å². The van der Waals surface area contributed by atoms with Crippen LogP contribution in [-0.4, -0.2) is 55.6 Å². The summed E-state index contributed by atoms with van der Waals surface area (Å²) in [5.41, 5.74) is 0.281. The van der Waals surface area contributed by atoms with E-state index in [4.69, 9.17) is 4.74 Å². The average Bonchev–Trinajstić information content (AvgIpc) is 3.03. The molecule has 0 spiro atoms. The fourth-order valence-corrected chi connectivity index (χ4v) is 4.09. The van der Waals surface area contributed by atoms with E-state index in [9.17, 15) is 18.0 Å². The highest BCUT2D eigenvalue weighted by molar-refractivity contribution is 5.97. The summed E-state index contributed by atoms with van der Waals surface area (Å²) in [6, 6.07) is 12.1. The smallest absolute Gasteiger partial charge is 0.416 e. The molecule has 1 saturated heterocycles. The number of urea groups is 1. The number of anilines is 1. The first-order valence-corrected chi connectivity index (χ1v) is 9.91. The first kappa shape index (κ1) is 20.5. The number of ether oxygens (including phenoxy) is 1. The normalized spacial score (nSPS) is 20.9. The van der Waals surface area contributed by atoms with Gasteiger partial charge in [-0.1, -0.05) is 30.3 Å². The predicted octanol–water partition coefficient (Wildman–Crippen LogP) is 4.40. The molecule has 2 aromatic carbocycles. The Labute approximate surface area is 173 Å². The number of hydrogen-bond acceptors (Lipinski definition) is 3. The standard InChI is InChI=1S/C22H24F3N3O2/c1-26(2)11-6-12-27-14-18-20(15-7-4-3-5-8-15)30-19-10-9-16(22(23,24)25)13-17(19)28(18)21(27)29/h3-5,7-10,13,18,20H,6,11-12,14H2,1-2H3. The van der Waals surface area contributed by atoms with E-state index < -0.39 is 23.9 Å². The summed E-state index contributed by atoms with van der Waals surface area (Å²) in [5, 5.41) is 0. The van der Waals surface area contributed by atoms with Crippen molar-refractivity contribution in [3.05, 3.63) is 59.7 Å².